The lowest BCUT2D eigenvalue weighted by atomic mass is 9.97. The first-order valence-electron chi connectivity index (χ1n) is 11.3. The third-order valence-corrected chi connectivity index (χ3v) is 6.64. The Morgan fingerprint density at radius 3 is 2.75 bits per heavy atom. The zero-order valence-electron chi connectivity index (χ0n) is 18.9. The molecule has 0 radical (unpaired) electrons. The number of epoxide rings is 1. The van der Waals surface area contributed by atoms with Crippen LogP contribution in [0.15, 0.2) is 29.1 Å². The summed E-state index contributed by atoms with van der Waals surface area (Å²) in [5.41, 5.74) is 5.15. The van der Waals surface area contributed by atoms with Crippen molar-refractivity contribution in [3.05, 3.63) is 62.7 Å². The molecule has 2 fully saturated rings. The van der Waals surface area contributed by atoms with Crippen LogP contribution in [-0.4, -0.2) is 44.3 Å². The Hall–Kier alpha value is -3.13. The van der Waals surface area contributed by atoms with E-state index in [9.17, 15) is 9.59 Å². The predicted molar refractivity (Wildman–Crippen MR) is 122 cm³/mol. The highest BCUT2D eigenvalue weighted by molar-refractivity contribution is 6.00. The van der Waals surface area contributed by atoms with Crippen LogP contribution in [0.25, 0.3) is 5.65 Å². The third kappa shape index (κ3) is 3.58. The summed E-state index contributed by atoms with van der Waals surface area (Å²) in [5.74, 6) is -0.0134. The fourth-order valence-corrected chi connectivity index (χ4v) is 4.51. The standard InChI is InChI=1S/C24H29N5O3/c1-13-8-9-18(26-22-16(4)32-22)17(11-13)24(31)28-10-6-5-7-20(28)19-12-21-25-15(3)14(2)23(30)29(21)27-19/h8-9,11-12,16,20,22,26-27H,5-7,10H2,1-4H3. The molecule has 2 aliphatic rings. The molecule has 0 spiro atoms. The molecule has 3 unspecified atom stereocenters. The number of aromatic amines is 1. The summed E-state index contributed by atoms with van der Waals surface area (Å²) in [6.07, 6.45) is 2.90. The molecule has 1 aromatic carbocycles. The second kappa shape index (κ2) is 7.78. The van der Waals surface area contributed by atoms with E-state index in [4.69, 9.17) is 4.74 Å². The van der Waals surface area contributed by atoms with Crippen LogP contribution >= 0.6 is 0 Å². The van der Waals surface area contributed by atoms with Crippen LogP contribution in [0, 0.1) is 20.8 Å². The average Bonchev–Trinajstić information content (AvgIpc) is 3.31. The number of anilines is 1. The molecule has 8 nitrogen and oxygen atoms in total. The van der Waals surface area contributed by atoms with Crippen molar-refractivity contribution in [1.82, 2.24) is 19.5 Å². The lowest BCUT2D eigenvalue weighted by Crippen LogP contribution is -2.39. The summed E-state index contributed by atoms with van der Waals surface area (Å²) >= 11 is 0. The van der Waals surface area contributed by atoms with Crippen LogP contribution in [0.5, 0.6) is 0 Å². The molecule has 4 heterocycles. The molecule has 1 amide bonds. The number of hydrogen-bond donors (Lipinski definition) is 2. The minimum atomic E-state index is -0.137. The Labute approximate surface area is 186 Å². The topological polar surface area (TPSA) is 95.0 Å². The second-order valence-electron chi connectivity index (χ2n) is 9.00. The molecule has 2 aliphatic heterocycles. The van der Waals surface area contributed by atoms with Crippen LogP contribution in [-0.2, 0) is 4.74 Å². The number of piperidine rings is 1. The van der Waals surface area contributed by atoms with Gasteiger partial charge in [0.05, 0.1) is 17.3 Å². The van der Waals surface area contributed by atoms with E-state index in [1.165, 1.54) is 4.52 Å². The summed E-state index contributed by atoms with van der Waals surface area (Å²) in [6, 6.07) is 7.66. The van der Waals surface area contributed by atoms with E-state index in [0.717, 1.165) is 41.9 Å². The van der Waals surface area contributed by atoms with Crippen molar-refractivity contribution in [3.63, 3.8) is 0 Å². The molecule has 3 aromatic rings. The molecule has 0 bridgehead atoms. The van der Waals surface area contributed by atoms with Crippen molar-refractivity contribution in [2.45, 2.75) is 65.3 Å². The number of rotatable bonds is 4. The molecular weight excluding hydrogens is 406 g/mol. The van der Waals surface area contributed by atoms with Gasteiger partial charge < -0.3 is 15.0 Å². The molecule has 2 N–H and O–H groups in total. The van der Waals surface area contributed by atoms with E-state index < -0.39 is 0 Å². The van der Waals surface area contributed by atoms with E-state index in [2.05, 4.69) is 15.4 Å². The SMILES string of the molecule is Cc1ccc(NC2OC2C)c(C(=O)N2CCCCC2c2cc3nc(C)c(C)c(=O)n3[nH]2)c1. The lowest BCUT2D eigenvalue weighted by Gasteiger charge is -2.35. The number of benzene rings is 1. The van der Waals surface area contributed by atoms with E-state index in [-0.39, 0.29) is 29.8 Å². The zero-order chi connectivity index (χ0) is 22.6. The number of hydrogen-bond acceptors (Lipinski definition) is 5. The van der Waals surface area contributed by atoms with Crippen LogP contribution in [0.2, 0.25) is 0 Å². The second-order valence-corrected chi connectivity index (χ2v) is 9.00. The predicted octanol–water partition coefficient (Wildman–Crippen LogP) is 3.47. The Bertz CT molecular complexity index is 1260. The zero-order valence-corrected chi connectivity index (χ0v) is 18.9. The van der Waals surface area contributed by atoms with Gasteiger partial charge in [0.25, 0.3) is 11.5 Å². The lowest BCUT2D eigenvalue weighted by molar-refractivity contribution is 0.0606. The van der Waals surface area contributed by atoms with Crippen molar-refractivity contribution >= 4 is 17.2 Å². The van der Waals surface area contributed by atoms with Gasteiger partial charge in [-0.05, 0) is 59.1 Å². The van der Waals surface area contributed by atoms with Crippen LogP contribution < -0.4 is 10.9 Å². The number of H-pyrrole nitrogens is 1. The van der Waals surface area contributed by atoms with E-state index in [1.54, 1.807) is 6.92 Å². The van der Waals surface area contributed by atoms with Crippen molar-refractivity contribution < 1.29 is 9.53 Å². The molecule has 0 aliphatic carbocycles. The van der Waals surface area contributed by atoms with Crippen LogP contribution in [0.3, 0.4) is 0 Å². The van der Waals surface area contributed by atoms with Gasteiger partial charge in [0.1, 0.15) is 6.10 Å². The van der Waals surface area contributed by atoms with Gasteiger partial charge in [0.2, 0.25) is 0 Å². The van der Waals surface area contributed by atoms with Crippen molar-refractivity contribution in [3.8, 4) is 0 Å². The van der Waals surface area contributed by atoms with E-state index in [1.807, 2.05) is 49.9 Å². The highest BCUT2D eigenvalue weighted by Crippen LogP contribution is 2.34. The normalized spacial score (nSPS) is 22.9. The molecule has 5 rings (SSSR count). The van der Waals surface area contributed by atoms with Gasteiger partial charge in [-0.15, -0.1) is 0 Å². The van der Waals surface area contributed by atoms with Gasteiger partial charge in [-0.25, -0.2) is 9.50 Å². The number of ether oxygens (including phenoxy) is 1. The van der Waals surface area contributed by atoms with Crippen molar-refractivity contribution in [1.29, 1.82) is 0 Å². The first-order chi connectivity index (χ1) is 15.3. The maximum absolute atomic E-state index is 13.8. The summed E-state index contributed by atoms with van der Waals surface area (Å²) in [4.78, 5) is 33.0. The number of aromatic nitrogens is 3. The fourth-order valence-electron chi connectivity index (χ4n) is 4.51. The number of carbonyl (C=O) groups is 1. The highest BCUT2D eigenvalue weighted by atomic mass is 16.6. The number of fused-ring (bicyclic) bond motifs is 1. The van der Waals surface area contributed by atoms with Crippen molar-refractivity contribution in [2.75, 3.05) is 11.9 Å². The Morgan fingerprint density at radius 1 is 1.22 bits per heavy atom. The minimum Gasteiger partial charge on any atom is -0.357 e. The van der Waals surface area contributed by atoms with Gasteiger partial charge >= 0.3 is 0 Å². The minimum absolute atomic E-state index is 0.0134. The van der Waals surface area contributed by atoms with Gasteiger partial charge in [0, 0.05) is 29.6 Å². The third-order valence-electron chi connectivity index (χ3n) is 6.64. The Balaban J connectivity index is 1.51. The van der Waals surface area contributed by atoms with Gasteiger partial charge in [-0.3, -0.25) is 14.7 Å². The molecule has 3 atom stereocenters. The molecule has 32 heavy (non-hydrogen) atoms. The summed E-state index contributed by atoms with van der Waals surface area (Å²) in [6.45, 7) is 8.29. The summed E-state index contributed by atoms with van der Waals surface area (Å²) in [7, 11) is 0. The number of amides is 1. The summed E-state index contributed by atoms with van der Waals surface area (Å²) in [5, 5.41) is 6.57. The van der Waals surface area contributed by atoms with Gasteiger partial charge in [-0.1, -0.05) is 11.6 Å². The van der Waals surface area contributed by atoms with Gasteiger partial charge in [0.15, 0.2) is 11.9 Å². The first-order valence-corrected chi connectivity index (χ1v) is 11.3. The van der Waals surface area contributed by atoms with Crippen molar-refractivity contribution in [2.24, 2.45) is 0 Å². The highest BCUT2D eigenvalue weighted by Gasteiger charge is 2.36. The van der Waals surface area contributed by atoms with E-state index >= 15 is 0 Å². The monoisotopic (exact) mass is 435 g/mol. The maximum atomic E-state index is 13.8. The summed E-state index contributed by atoms with van der Waals surface area (Å²) < 4.78 is 6.99. The molecule has 168 valence electrons. The molecule has 2 saturated heterocycles. The smallest absolute Gasteiger partial charge is 0.275 e. The molecule has 2 aromatic heterocycles. The Kier molecular flexibility index (Phi) is 5.04. The Morgan fingerprint density at radius 2 is 2.00 bits per heavy atom. The molecule has 8 heteroatoms. The fraction of sp³-hybridized carbons (Fsp3) is 0.458. The number of nitrogens with zero attached hydrogens (tertiary/aromatic N) is 3. The average molecular weight is 436 g/mol. The largest absolute Gasteiger partial charge is 0.357 e. The molecule has 0 saturated carbocycles. The molecular formula is C24H29N5O3. The quantitative estimate of drug-likeness (QED) is 0.612. The number of nitrogens with one attached hydrogen (secondary N) is 2. The van der Waals surface area contributed by atoms with Crippen LogP contribution in [0.4, 0.5) is 5.69 Å². The first kappa shape index (κ1) is 20.8. The van der Waals surface area contributed by atoms with Gasteiger partial charge in [-0.2, -0.15) is 0 Å². The van der Waals surface area contributed by atoms with E-state index in [0.29, 0.717) is 23.3 Å². The van der Waals surface area contributed by atoms with Crippen LogP contribution in [0.1, 0.15) is 65.1 Å². The number of aryl methyl sites for hydroxylation is 2. The number of likely N-dealkylation sites (tertiary alicyclic amines) is 1. The maximum Gasteiger partial charge on any atom is 0.275 e. The number of carbonyl (C=O) groups excluding carboxylic acids is 1.